The molecular formula is C12H19N3OS. The van der Waals surface area contributed by atoms with E-state index in [1.165, 1.54) is 0 Å². The van der Waals surface area contributed by atoms with Crippen LogP contribution < -0.4 is 5.32 Å². The molecule has 94 valence electrons. The summed E-state index contributed by atoms with van der Waals surface area (Å²) in [6, 6.07) is 4.36. The third-order valence-electron chi connectivity index (χ3n) is 2.67. The number of nitriles is 1. The molecule has 1 rings (SSSR count). The summed E-state index contributed by atoms with van der Waals surface area (Å²) < 4.78 is 12.8. The summed E-state index contributed by atoms with van der Waals surface area (Å²) in [7, 11) is 1.14. The molecule has 0 aliphatic carbocycles. The van der Waals surface area contributed by atoms with Gasteiger partial charge in [-0.15, -0.1) is 0 Å². The van der Waals surface area contributed by atoms with Gasteiger partial charge in [-0.25, -0.2) is 0 Å². The van der Waals surface area contributed by atoms with Gasteiger partial charge in [-0.2, -0.15) is 5.26 Å². The molecule has 5 heteroatoms. The summed E-state index contributed by atoms with van der Waals surface area (Å²) in [6.45, 7) is 2.83. The van der Waals surface area contributed by atoms with Gasteiger partial charge in [0.1, 0.15) is 11.8 Å². The van der Waals surface area contributed by atoms with Gasteiger partial charge in [-0.1, -0.05) is 0 Å². The van der Waals surface area contributed by atoms with Gasteiger partial charge in [0.2, 0.25) is 0 Å². The first-order valence-electron chi connectivity index (χ1n) is 5.61. The van der Waals surface area contributed by atoms with Crippen LogP contribution in [0.4, 0.5) is 0 Å². The molecular weight excluding hydrogens is 234 g/mol. The monoisotopic (exact) mass is 253 g/mol. The smallest absolute Gasteiger partial charge is 0.120 e. The molecule has 1 N–H and O–H groups in total. The van der Waals surface area contributed by atoms with E-state index in [2.05, 4.69) is 18.3 Å². The van der Waals surface area contributed by atoms with Crippen molar-refractivity contribution in [3.8, 4) is 6.07 Å². The van der Waals surface area contributed by atoms with E-state index >= 15 is 0 Å². The van der Waals surface area contributed by atoms with Crippen molar-refractivity contribution in [3.63, 3.8) is 0 Å². The quantitative estimate of drug-likeness (QED) is 0.827. The minimum absolute atomic E-state index is 0.338. The molecule has 1 aromatic heterocycles. The van der Waals surface area contributed by atoms with Crippen molar-refractivity contribution in [2.24, 2.45) is 7.05 Å². The first kappa shape index (κ1) is 13.9. The van der Waals surface area contributed by atoms with Gasteiger partial charge in [0.15, 0.2) is 0 Å². The van der Waals surface area contributed by atoms with Gasteiger partial charge in [0, 0.05) is 48.6 Å². The molecule has 2 unspecified atom stereocenters. The first-order valence-corrected chi connectivity index (χ1v) is 7.34. The highest BCUT2D eigenvalue weighted by Gasteiger charge is 2.05. The fourth-order valence-electron chi connectivity index (χ4n) is 1.58. The van der Waals surface area contributed by atoms with Crippen molar-refractivity contribution in [1.29, 1.82) is 5.26 Å². The second-order valence-corrected chi connectivity index (χ2v) is 5.86. The molecule has 0 saturated carbocycles. The topological polar surface area (TPSA) is 57.8 Å². The molecule has 17 heavy (non-hydrogen) atoms. The third-order valence-corrected chi connectivity index (χ3v) is 3.48. The number of aromatic nitrogens is 1. The lowest BCUT2D eigenvalue weighted by atomic mass is 10.2. The van der Waals surface area contributed by atoms with Gasteiger partial charge in [0.25, 0.3) is 0 Å². The number of aryl methyl sites for hydroxylation is 1. The molecule has 1 heterocycles. The predicted octanol–water partition coefficient (Wildman–Crippen LogP) is 1.14. The molecule has 0 aliphatic heterocycles. The third kappa shape index (κ3) is 4.72. The zero-order valence-electron chi connectivity index (χ0n) is 10.6. The van der Waals surface area contributed by atoms with Crippen LogP contribution in [-0.2, 0) is 24.4 Å². The van der Waals surface area contributed by atoms with Gasteiger partial charge >= 0.3 is 0 Å². The Hall–Kier alpha value is -1.12. The van der Waals surface area contributed by atoms with Crippen LogP contribution in [0.3, 0.4) is 0 Å². The summed E-state index contributed by atoms with van der Waals surface area (Å²) in [4.78, 5) is 0. The van der Waals surface area contributed by atoms with Crippen LogP contribution in [0.15, 0.2) is 12.3 Å². The standard InChI is InChI=1S/C12H19N3OS/c1-10(4-5-17(3)16)14-8-11-6-12(7-13)15(2)9-11/h6,9-10,14H,4-5,8H2,1-3H3. The Labute approximate surface area is 105 Å². The van der Waals surface area contributed by atoms with E-state index in [9.17, 15) is 4.21 Å². The minimum Gasteiger partial charge on any atom is -0.342 e. The van der Waals surface area contributed by atoms with Crippen LogP contribution in [0.2, 0.25) is 0 Å². The van der Waals surface area contributed by atoms with E-state index in [0.29, 0.717) is 11.7 Å². The fourth-order valence-corrected chi connectivity index (χ4v) is 2.26. The Morgan fingerprint density at radius 1 is 1.65 bits per heavy atom. The first-order chi connectivity index (χ1) is 8.02. The average Bonchev–Trinajstić information content (AvgIpc) is 2.64. The van der Waals surface area contributed by atoms with Crippen LogP contribution in [-0.4, -0.2) is 26.8 Å². The molecule has 2 atom stereocenters. The molecule has 0 amide bonds. The number of nitrogens with one attached hydrogen (secondary N) is 1. The Kier molecular flexibility index (Phi) is 5.39. The lowest BCUT2D eigenvalue weighted by molar-refractivity contribution is 0.534. The maximum Gasteiger partial charge on any atom is 0.120 e. The Morgan fingerprint density at radius 3 is 2.88 bits per heavy atom. The maximum atomic E-state index is 11.0. The van der Waals surface area contributed by atoms with E-state index in [1.807, 2.05) is 23.9 Å². The highest BCUT2D eigenvalue weighted by molar-refractivity contribution is 7.84. The molecule has 0 fully saturated rings. The highest BCUT2D eigenvalue weighted by atomic mass is 32.2. The molecule has 4 nitrogen and oxygen atoms in total. The second kappa shape index (κ2) is 6.58. The Morgan fingerprint density at radius 2 is 2.35 bits per heavy atom. The number of rotatable bonds is 6. The van der Waals surface area contributed by atoms with Crippen LogP contribution in [0, 0.1) is 11.3 Å². The van der Waals surface area contributed by atoms with Crippen LogP contribution in [0.1, 0.15) is 24.6 Å². The Bertz CT molecular complexity index is 433. The number of hydrogen-bond donors (Lipinski definition) is 1. The van der Waals surface area contributed by atoms with Crippen molar-refractivity contribution in [1.82, 2.24) is 9.88 Å². The zero-order valence-corrected chi connectivity index (χ0v) is 11.4. The molecule has 0 bridgehead atoms. The minimum atomic E-state index is -0.722. The summed E-state index contributed by atoms with van der Waals surface area (Å²) in [5, 5.41) is 12.2. The zero-order chi connectivity index (χ0) is 12.8. The van der Waals surface area contributed by atoms with Crippen LogP contribution in [0.25, 0.3) is 0 Å². The Balaban J connectivity index is 2.39. The summed E-state index contributed by atoms with van der Waals surface area (Å²) >= 11 is 0. The normalized spacial score (nSPS) is 14.2. The van der Waals surface area contributed by atoms with E-state index in [1.54, 1.807) is 6.26 Å². The SMILES string of the molecule is CC(CCS(C)=O)NCc1cc(C#N)n(C)c1. The highest BCUT2D eigenvalue weighted by Crippen LogP contribution is 2.06. The molecule has 0 aromatic carbocycles. The van der Waals surface area contributed by atoms with Crippen LogP contribution >= 0.6 is 0 Å². The average molecular weight is 253 g/mol. The van der Waals surface area contributed by atoms with Gasteiger partial charge < -0.3 is 9.88 Å². The predicted molar refractivity (Wildman–Crippen MR) is 70.0 cm³/mol. The van der Waals surface area contributed by atoms with Gasteiger partial charge in [-0.05, 0) is 25.0 Å². The van der Waals surface area contributed by atoms with E-state index < -0.39 is 10.8 Å². The molecule has 1 aromatic rings. The van der Waals surface area contributed by atoms with E-state index in [-0.39, 0.29) is 0 Å². The molecule has 0 saturated heterocycles. The maximum absolute atomic E-state index is 11.0. The molecule has 0 aliphatic rings. The van der Waals surface area contributed by atoms with Gasteiger partial charge in [0.05, 0.1) is 0 Å². The summed E-state index contributed by atoms with van der Waals surface area (Å²) in [6.07, 6.45) is 4.58. The van der Waals surface area contributed by atoms with Crippen molar-refractivity contribution >= 4 is 10.8 Å². The molecule has 0 radical (unpaired) electrons. The lowest BCUT2D eigenvalue weighted by Gasteiger charge is -2.11. The lowest BCUT2D eigenvalue weighted by Crippen LogP contribution is -2.26. The number of nitrogens with zero attached hydrogens (tertiary/aromatic N) is 2. The van der Waals surface area contributed by atoms with Crippen molar-refractivity contribution in [2.75, 3.05) is 12.0 Å². The summed E-state index contributed by atoms with van der Waals surface area (Å²) in [5.41, 5.74) is 1.78. The largest absolute Gasteiger partial charge is 0.342 e. The molecule has 0 spiro atoms. The van der Waals surface area contributed by atoms with E-state index in [0.717, 1.165) is 24.3 Å². The fraction of sp³-hybridized carbons (Fsp3) is 0.583. The van der Waals surface area contributed by atoms with E-state index in [4.69, 9.17) is 5.26 Å². The van der Waals surface area contributed by atoms with Crippen molar-refractivity contribution in [3.05, 3.63) is 23.5 Å². The van der Waals surface area contributed by atoms with Crippen LogP contribution in [0.5, 0.6) is 0 Å². The second-order valence-electron chi connectivity index (χ2n) is 4.30. The van der Waals surface area contributed by atoms with Gasteiger partial charge in [-0.3, -0.25) is 4.21 Å². The van der Waals surface area contributed by atoms with Crippen molar-refractivity contribution < 1.29 is 4.21 Å². The number of hydrogen-bond acceptors (Lipinski definition) is 3. The summed E-state index contributed by atoms with van der Waals surface area (Å²) in [5.74, 6) is 0.729. The van der Waals surface area contributed by atoms with Crippen molar-refractivity contribution in [2.45, 2.75) is 25.9 Å².